The number of thiophene rings is 1. The first kappa shape index (κ1) is 12.8. The highest BCUT2D eigenvalue weighted by Crippen LogP contribution is 2.46. The maximum Gasteiger partial charge on any atom is 0.244 e. The van der Waals surface area contributed by atoms with Crippen molar-refractivity contribution in [3.05, 3.63) is 22.4 Å². The van der Waals surface area contributed by atoms with Crippen molar-refractivity contribution in [1.82, 2.24) is 10.2 Å². The van der Waals surface area contributed by atoms with Crippen molar-refractivity contribution in [3.8, 4) is 0 Å². The summed E-state index contributed by atoms with van der Waals surface area (Å²) in [6, 6.07) is 2.12. The Labute approximate surface area is 123 Å². The predicted octanol–water partition coefficient (Wildman–Crippen LogP) is 2.28. The molecular weight excluding hydrogens is 272 g/mol. The van der Waals surface area contributed by atoms with Crippen LogP contribution in [0.2, 0.25) is 0 Å². The van der Waals surface area contributed by atoms with Crippen LogP contribution < -0.4 is 5.32 Å². The molecule has 2 saturated heterocycles. The molecule has 2 atom stereocenters. The smallest absolute Gasteiger partial charge is 0.244 e. The highest BCUT2D eigenvalue weighted by atomic mass is 32.1. The molecule has 1 N–H and O–H groups in total. The van der Waals surface area contributed by atoms with E-state index in [2.05, 4.69) is 22.1 Å². The Hall–Kier alpha value is -0.910. The number of nitrogens with one attached hydrogen (secondary N) is 1. The van der Waals surface area contributed by atoms with Gasteiger partial charge >= 0.3 is 0 Å². The third kappa shape index (κ3) is 2.08. The maximum absolute atomic E-state index is 12.6. The van der Waals surface area contributed by atoms with E-state index in [1.807, 2.05) is 4.90 Å². The topological polar surface area (TPSA) is 41.6 Å². The molecule has 0 radical (unpaired) electrons. The summed E-state index contributed by atoms with van der Waals surface area (Å²) in [5.74, 6) is 0.298. The Kier molecular flexibility index (Phi) is 3.09. The summed E-state index contributed by atoms with van der Waals surface area (Å²) in [6.45, 7) is 1.69. The summed E-state index contributed by atoms with van der Waals surface area (Å²) in [5, 5.41) is 7.79. The lowest BCUT2D eigenvalue weighted by Gasteiger charge is -2.24. The van der Waals surface area contributed by atoms with Gasteiger partial charge in [-0.25, -0.2) is 0 Å². The molecule has 20 heavy (non-hydrogen) atoms. The molecule has 2 unspecified atom stereocenters. The fourth-order valence-corrected chi connectivity index (χ4v) is 4.04. The first-order chi connectivity index (χ1) is 9.78. The number of amides is 1. The molecule has 0 bridgehead atoms. The van der Waals surface area contributed by atoms with E-state index in [9.17, 15) is 4.79 Å². The van der Waals surface area contributed by atoms with Gasteiger partial charge < -0.3 is 9.64 Å². The van der Waals surface area contributed by atoms with Crippen LogP contribution in [0.15, 0.2) is 16.8 Å². The third-order valence-corrected chi connectivity index (χ3v) is 5.42. The van der Waals surface area contributed by atoms with E-state index in [0.717, 1.165) is 45.3 Å². The van der Waals surface area contributed by atoms with Crippen molar-refractivity contribution in [2.24, 2.45) is 0 Å². The Balaban J connectivity index is 1.49. The molecule has 5 heteroatoms. The second-order valence-electron chi connectivity index (χ2n) is 6.11. The molecular formula is C15H20N2O2S. The molecule has 1 aliphatic carbocycles. The average molecular weight is 292 g/mol. The van der Waals surface area contributed by atoms with Gasteiger partial charge in [-0.1, -0.05) is 0 Å². The molecule has 3 aliphatic rings. The predicted molar refractivity (Wildman–Crippen MR) is 77.5 cm³/mol. The third-order valence-electron chi connectivity index (χ3n) is 4.72. The molecule has 1 amide bonds. The molecule has 1 aromatic heterocycles. The number of rotatable bonds is 4. The van der Waals surface area contributed by atoms with Gasteiger partial charge in [0.05, 0.1) is 6.10 Å². The lowest BCUT2D eigenvalue weighted by atomic mass is 10.1. The number of carbonyl (C=O) groups excluding carboxylic acids is 1. The minimum atomic E-state index is -0.233. The van der Waals surface area contributed by atoms with Gasteiger partial charge in [0.1, 0.15) is 11.7 Å². The van der Waals surface area contributed by atoms with E-state index in [1.165, 1.54) is 5.56 Å². The molecule has 3 fully saturated rings. The summed E-state index contributed by atoms with van der Waals surface area (Å²) >= 11 is 1.69. The van der Waals surface area contributed by atoms with Gasteiger partial charge in [-0.15, -0.1) is 0 Å². The van der Waals surface area contributed by atoms with Gasteiger partial charge in [-0.05, 0) is 54.5 Å². The summed E-state index contributed by atoms with van der Waals surface area (Å²) < 4.78 is 5.69. The minimum absolute atomic E-state index is 0.0673. The van der Waals surface area contributed by atoms with Gasteiger partial charge in [-0.2, -0.15) is 11.3 Å². The molecule has 4 nitrogen and oxygen atoms in total. The number of hydrogen-bond donors (Lipinski definition) is 1. The minimum Gasteiger partial charge on any atom is -0.378 e. The van der Waals surface area contributed by atoms with Crippen LogP contribution in [0.1, 0.15) is 43.8 Å². The van der Waals surface area contributed by atoms with E-state index in [-0.39, 0.29) is 11.7 Å². The van der Waals surface area contributed by atoms with Gasteiger partial charge in [0.2, 0.25) is 5.91 Å². The summed E-state index contributed by atoms with van der Waals surface area (Å²) in [4.78, 5) is 14.7. The molecule has 3 heterocycles. The van der Waals surface area contributed by atoms with Crippen molar-refractivity contribution in [2.45, 2.75) is 49.9 Å². The first-order valence-corrected chi connectivity index (χ1v) is 8.45. The van der Waals surface area contributed by atoms with Gasteiger partial charge in [0.25, 0.3) is 0 Å². The number of hydrogen-bond acceptors (Lipinski definition) is 4. The van der Waals surface area contributed by atoms with E-state index < -0.39 is 0 Å². The fraction of sp³-hybridized carbons (Fsp3) is 0.667. The van der Waals surface area contributed by atoms with E-state index in [1.54, 1.807) is 11.3 Å². The van der Waals surface area contributed by atoms with Crippen molar-refractivity contribution in [1.29, 1.82) is 0 Å². The maximum atomic E-state index is 12.6. The fourth-order valence-electron chi connectivity index (χ4n) is 3.36. The standard InChI is InChI=1S/C15H20N2O2S/c18-14-15(5-6-15)16-13(11-4-9-20-10-11)17(14)7-3-12-2-1-8-19-12/h4,9-10,12-13,16H,1-3,5-8H2. The highest BCUT2D eigenvalue weighted by molar-refractivity contribution is 7.07. The van der Waals surface area contributed by atoms with Crippen LogP contribution >= 0.6 is 11.3 Å². The molecule has 0 aromatic carbocycles. The van der Waals surface area contributed by atoms with Crippen LogP contribution in [-0.4, -0.2) is 35.6 Å². The zero-order chi connectivity index (χ0) is 13.6. The van der Waals surface area contributed by atoms with E-state index >= 15 is 0 Å². The summed E-state index contributed by atoms with van der Waals surface area (Å²) in [6.07, 6.45) is 5.66. The Bertz CT molecular complexity index is 492. The zero-order valence-corrected chi connectivity index (χ0v) is 12.3. The van der Waals surface area contributed by atoms with Gasteiger partial charge in [0, 0.05) is 13.2 Å². The number of carbonyl (C=O) groups is 1. The lowest BCUT2D eigenvalue weighted by molar-refractivity contribution is -0.131. The quantitative estimate of drug-likeness (QED) is 0.925. The van der Waals surface area contributed by atoms with Crippen LogP contribution in [0, 0.1) is 0 Å². The largest absolute Gasteiger partial charge is 0.378 e. The van der Waals surface area contributed by atoms with E-state index in [0.29, 0.717) is 12.0 Å². The van der Waals surface area contributed by atoms with Crippen molar-refractivity contribution in [3.63, 3.8) is 0 Å². The van der Waals surface area contributed by atoms with Gasteiger partial charge in [0.15, 0.2) is 0 Å². The Morgan fingerprint density at radius 2 is 2.40 bits per heavy atom. The van der Waals surface area contributed by atoms with Crippen molar-refractivity contribution >= 4 is 17.2 Å². The molecule has 4 rings (SSSR count). The van der Waals surface area contributed by atoms with E-state index in [4.69, 9.17) is 4.74 Å². The summed E-state index contributed by atoms with van der Waals surface area (Å²) in [7, 11) is 0. The normalized spacial score (nSPS) is 31.4. The number of ether oxygens (including phenoxy) is 1. The molecule has 1 saturated carbocycles. The molecule has 108 valence electrons. The Morgan fingerprint density at radius 3 is 3.05 bits per heavy atom. The van der Waals surface area contributed by atoms with Crippen LogP contribution in [0.5, 0.6) is 0 Å². The highest BCUT2D eigenvalue weighted by Gasteiger charge is 2.59. The van der Waals surface area contributed by atoms with Gasteiger partial charge in [-0.3, -0.25) is 10.1 Å². The molecule has 2 aliphatic heterocycles. The Morgan fingerprint density at radius 1 is 1.50 bits per heavy atom. The summed E-state index contributed by atoms with van der Waals surface area (Å²) in [5.41, 5.74) is 0.989. The van der Waals surface area contributed by atoms with Crippen molar-refractivity contribution in [2.75, 3.05) is 13.2 Å². The first-order valence-electron chi connectivity index (χ1n) is 7.51. The second-order valence-corrected chi connectivity index (χ2v) is 6.89. The molecule has 1 aromatic rings. The van der Waals surface area contributed by atoms with Crippen LogP contribution in [0.25, 0.3) is 0 Å². The zero-order valence-electron chi connectivity index (χ0n) is 11.5. The van der Waals surface area contributed by atoms with Crippen LogP contribution in [-0.2, 0) is 9.53 Å². The second kappa shape index (κ2) is 4.83. The number of nitrogens with zero attached hydrogens (tertiary/aromatic N) is 1. The van der Waals surface area contributed by atoms with Crippen LogP contribution in [0.4, 0.5) is 0 Å². The molecule has 1 spiro atoms. The average Bonchev–Trinajstić information content (AvgIpc) is 2.90. The SMILES string of the molecule is O=C1N(CCC2CCCO2)C(c2ccsc2)NC12CC2. The van der Waals surface area contributed by atoms with Crippen molar-refractivity contribution < 1.29 is 9.53 Å². The monoisotopic (exact) mass is 292 g/mol. The van der Waals surface area contributed by atoms with Crippen LogP contribution in [0.3, 0.4) is 0 Å². The lowest BCUT2D eigenvalue weighted by Crippen LogP contribution is -2.34.